The molecule has 0 heterocycles. The van der Waals surface area contributed by atoms with Crippen LogP contribution in [0, 0.1) is 11.3 Å². The summed E-state index contributed by atoms with van der Waals surface area (Å²) in [6, 6.07) is 7.49. The lowest BCUT2D eigenvalue weighted by Crippen LogP contribution is -2.17. The third-order valence-electron chi connectivity index (χ3n) is 2.45. The van der Waals surface area contributed by atoms with Gasteiger partial charge in [0.15, 0.2) is 0 Å². The summed E-state index contributed by atoms with van der Waals surface area (Å²) < 4.78 is 0.866. The summed E-state index contributed by atoms with van der Waals surface area (Å²) in [5, 5.41) is 8.75. The van der Waals surface area contributed by atoms with Crippen molar-refractivity contribution in [2.45, 2.75) is 24.6 Å². The van der Waals surface area contributed by atoms with E-state index in [-0.39, 0.29) is 16.5 Å². The summed E-state index contributed by atoms with van der Waals surface area (Å²) in [7, 11) is 0. The number of carbonyl (C=O) groups excluding carboxylic acids is 1. The van der Waals surface area contributed by atoms with Crippen LogP contribution in [0.4, 0.5) is 0 Å². The monoisotopic (exact) mass is 343 g/mol. The molecular formula is C12H11Br2NO. The topological polar surface area (TPSA) is 40.9 Å². The van der Waals surface area contributed by atoms with E-state index in [0.717, 1.165) is 10.0 Å². The van der Waals surface area contributed by atoms with Crippen molar-refractivity contribution in [1.82, 2.24) is 0 Å². The Kier molecular flexibility index (Phi) is 4.69. The highest BCUT2D eigenvalue weighted by Gasteiger charge is 2.21. The van der Waals surface area contributed by atoms with Crippen molar-refractivity contribution in [3.63, 3.8) is 0 Å². The van der Waals surface area contributed by atoms with Crippen molar-refractivity contribution in [1.29, 1.82) is 5.26 Å². The molecule has 84 valence electrons. The van der Waals surface area contributed by atoms with E-state index in [4.69, 9.17) is 5.26 Å². The summed E-state index contributed by atoms with van der Waals surface area (Å²) in [6.07, 6.45) is 0. The van der Waals surface area contributed by atoms with Gasteiger partial charge >= 0.3 is 0 Å². The van der Waals surface area contributed by atoms with Crippen LogP contribution in [-0.4, -0.2) is 10.6 Å². The van der Waals surface area contributed by atoms with Crippen LogP contribution in [0.15, 0.2) is 22.7 Å². The van der Waals surface area contributed by atoms with Gasteiger partial charge in [0.05, 0.1) is 16.5 Å². The molecule has 0 saturated heterocycles. The molecule has 0 aliphatic heterocycles. The van der Waals surface area contributed by atoms with Crippen LogP contribution in [0.25, 0.3) is 0 Å². The van der Waals surface area contributed by atoms with E-state index in [2.05, 4.69) is 37.9 Å². The molecule has 1 rings (SSSR count). The smallest absolute Gasteiger partial charge is 0.144 e. The van der Waals surface area contributed by atoms with Crippen molar-refractivity contribution < 1.29 is 4.79 Å². The van der Waals surface area contributed by atoms with E-state index >= 15 is 0 Å². The highest BCUT2D eigenvalue weighted by Crippen LogP contribution is 2.31. The third kappa shape index (κ3) is 2.93. The number of benzene rings is 1. The fourth-order valence-electron chi connectivity index (χ4n) is 1.48. The summed E-state index contributed by atoms with van der Waals surface area (Å²) in [5.74, 6) is 0.170. The molecule has 2 unspecified atom stereocenters. The average molecular weight is 345 g/mol. The van der Waals surface area contributed by atoms with Crippen LogP contribution >= 0.6 is 31.9 Å². The molecule has 2 nitrogen and oxygen atoms in total. The van der Waals surface area contributed by atoms with E-state index in [0.29, 0.717) is 5.56 Å². The molecule has 0 N–H and O–H groups in total. The van der Waals surface area contributed by atoms with Gasteiger partial charge in [-0.2, -0.15) is 5.26 Å². The van der Waals surface area contributed by atoms with E-state index in [1.807, 2.05) is 13.0 Å². The summed E-state index contributed by atoms with van der Waals surface area (Å²) in [6.45, 7) is 3.54. The zero-order chi connectivity index (χ0) is 12.3. The first kappa shape index (κ1) is 13.4. The van der Waals surface area contributed by atoms with Gasteiger partial charge in [-0.15, -0.1) is 0 Å². The number of ketones is 1. The van der Waals surface area contributed by atoms with Gasteiger partial charge in [0.2, 0.25) is 0 Å². The second-order valence-electron chi connectivity index (χ2n) is 3.65. The van der Waals surface area contributed by atoms with Crippen molar-refractivity contribution in [3.8, 4) is 6.07 Å². The molecule has 2 atom stereocenters. The van der Waals surface area contributed by atoms with Crippen LogP contribution in [0.2, 0.25) is 0 Å². The van der Waals surface area contributed by atoms with Gasteiger partial charge in [-0.25, -0.2) is 0 Å². The molecule has 0 aliphatic rings. The first-order valence-electron chi connectivity index (χ1n) is 4.81. The maximum atomic E-state index is 11.3. The number of hydrogen-bond donors (Lipinski definition) is 0. The summed E-state index contributed by atoms with van der Waals surface area (Å²) in [5.41, 5.74) is 1.63. The molecule has 0 saturated carbocycles. The molecule has 1 aromatic carbocycles. The Labute approximate surface area is 112 Å². The Balaban J connectivity index is 3.06. The minimum atomic E-state index is -0.197. The summed E-state index contributed by atoms with van der Waals surface area (Å²) in [4.78, 5) is 11.1. The Morgan fingerprint density at radius 1 is 1.50 bits per heavy atom. The first-order chi connectivity index (χ1) is 7.47. The predicted octanol–water partition coefficient (Wildman–Crippen LogP) is 3.78. The maximum absolute atomic E-state index is 11.3. The minimum absolute atomic E-state index is 0.0691. The van der Waals surface area contributed by atoms with Gasteiger partial charge in [0.25, 0.3) is 0 Å². The zero-order valence-electron chi connectivity index (χ0n) is 9.00. The highest BCUT2D eigenvalue weighted by molar-refractivity contribution is 9.10. The number of alkyl halides is 1. The number of hydrogen-bond acceptors (Lipinski definition) is 2. The highest BCUT2D eigenvalue weighted by atomic mass is 79.9. The van der Waals surface area contributed by atoms with Gasteiger partial charge in [0, 0.05) is 10.4 Å². The van der Waals surface area contributed by atoms with Crippen molar-refractivity contribution in [2.24, 2.45) is 0 Å². The molecular weight excluding hydrogens is 334 g/mol. The predicted molar refractivity (Wildman–Crippen MR) is 70.7 cm³/mol. The van der Waals surface area contributed by atoms with E-state index in [1.54, 1.807) is 19.1 Å². The van der Waals surface area contributed by atoms with Crippen molar-refractivity contribution in [3.05, 3.63) is 33.8 Å². The van der Waals surface area contributed by atoms with Gasteiger partial charge in [-0.1, -0.05) is 44.8 Å². The molecule has 0 radical (unpaired) electrons. The fraction of sp³-hybridized carbons (Fsp3) is 0.333. The second-order valence-corrected chi connectivity index (χ2v) is 5.49. The second kappa shape index (κ2) is 5.60. The maximum Gasteiger partial charge on any atom is 0.144 e. The van der Waals surface area contributed by atoms with Gasteiger partial charge in [-0.05, 0) is 24.6 Å². The standard InChI is InChI=1S/C12H11Br2NO/c1-7(12(14)8(2)16)10-4-3-9(6-15)5-11(10)13/h3-5,7,12H,1-2H3. The minimum Gasteiger partial charge on any atom is -0.299 e. The Morgan fingerprint density at radius 3 is 2.56 bits per heavy atom. The van der Waals surface area contributed by atoms with E-state index in [9.17, 15) is 4.79 Å². The van der Waals surface area contributed by atoms with Crippen LogP contribution in [-0.2, 0) is 4.79 Å². The lowest BCUT2D eigenvalue weighted by atomic mass is 9.95. The fourth-order valence-corrected chi connectivity index (χ4v) is 2.50. The van der Waals surface area contributed by atoms with Crippen LogP contribution < -0.4 is 0 Å². The Bertz CT molecular complexity index is 451. The molecule has 0 spiro atoms. The summed E-state index contributed by atoms with van der Waals surface area (Å²) >= 11 is 6.80. The van der Waals surface area contributed by atoms with Crippen molar-refractivity contribution >= 4 is 37.6 Å². The molecule has 4 heteroatoms. The van der Waals surface area contributed by atoms with Gasteiger partial charge in [0.1, 0.15) is 5.78 Å². The SMILES string of the molecule is CC(=O)C(Br)C(C)c1ccc(C#N)cc1Br. The number of carbonyl (C=O) groups is 1. The van der Waals surface area contributed by atoms with Crippen LogP contribution in [0.3, 0.4) is 0 Å². The third-order valence-corrected chi connectivity index (χ3v) is 4.57. The number of halogens is 2. The lowest BCUT2D eigenvalue weighted by molar-refractivity contribution is -0.116. The molecule has 0 aromatic heterocycles. The number of nitrogens with zero attached hydrogens (tertiary/aromatic N) is 1. The number of Topliss-reactive ketones (excluding diaryl/α,β-unsaturated/α-hetero) is 1. The number of rotatable bonds is 3. The van der Waals surface area contributed by atoms with Gasteiger partial charge < -0.3 is 0 Å². The lowest BCUT2D eigenvalue weighted by Gasteiger charge is -2.17. The molecule has 1 aromatic rings. The largest absolute Gasteiger partial charge is 0.299 e. The van der Waals surface area contributed by atoms with Crippen LogP contribution in [0.5, 0.6) is 0 Å². The average Bonchev–Trinajstić information content (AvgIpc) is 2.26. The van der Waals surface area contributed by atoms with Crippen molar-refractivity contribution in [2.75, 3.05) is 0 Å². The normalized spacial score (nSPS) is 13.9. The quantitative estimate of drug-likeness (QED) is 0.783. The molecule has 0 fully saturated rings. The number of nitriles is 1. The molecule has 0 bridgehead atoms. The molecule has 16 heavy (non-hydrogen) atoms. The van der Waals surface area contributed by atoms with E-state index < -0.39 is 0 Å². The van der Waals surface area contributed by atoms with Crippen LogP contribution in [0.1, 0.15) is 30.9 Å². The first-order valence-corrected chi connectivity index (χ1v) is 6.52. The Morgan fingerprint density at radius 2 is 2.12 bits per heavy atom. The molecule has 0 aliphatic carbocycles. The zero-order valence-corrected chi connectivity index (χ0v) is 12.2. The Hall–Kier alpha value is -0.660. The van der Waals surface area contributed by atoms with E-state index in [1.165, 1.54) is 0 Å². The van der Waals surface area contributed by atoms with Gasteiger partial charge in [-0.3, -0.25) is 4.79 Å². The molecule has 0 amide bonds.